The van der Waals surface area contributed by atoms with E-state index in [1.165, 1.54) is 0 Å². The Morgan fingerprint density at radius 1 is 1.14 bits per heavy atom. The Morgan fingerprint density at radius 3 is 2.76 bits per heavy atom. The molecule has 7 nitrogen and oxygen atoms in total. The highest BCUT2D eigenvalue weighted by molar-refractivity contribution is 5.98. The summed E-state index contributed by atoms with van der Waals surface area (Å²) >= 11 is 0. The van der Waals surface area contributed by atoms with Crippen molar-refractivity contribution in [3.05, 3.63) is 82.0 Å². The molecule has 0 unspecified atom stereocenters. The lowest BCUT2D eigenvalue weighted by Crippen LogP contribution is -2.39. The van der Waals surface area contributed by atoms with Crippen molar-refractivity contribution in [3.63, 3.8) is 0 Å². The van der Waals surface area contributed by atoms with Gasteiger partial charge in [-0.15, -0.1) is 0 Å². The van der Waals surface area contributed by atoms with E-state index in [2.05, 4.69) is 15.0 Å². The van der Waals surface area contributed by atoms with Crippen molar-refractivity contribution in [2.45, 2.75) is 13.0 Å². The van der Waals surface area contributed by atoms with Gasteiger partial charge in [0.25, 0.3) is 11.5 Å². The Morgan fingerprint density at radius 2 is 1.97 bits per heavy atom. The van der Waals surface area contributed by atoms with Crippen LogP contribution in [0.15, 0.2) is 59.5 Å². The minimum absolute atomic E-state index is 0.0594. The van der Waals surface area contributed by atoms with Gasteiger partial charge in [-0.1, -0.05) is 24.3 Å². The van der Waals surface area contributed by atoms with Gasteiger partial charge in [0.05, 0.1) is 12.2 Å². The molecule has 4 heterocycles. The summed E-state index contributed by atoms with van der Waals surface area (Å²) in [5.41, 5.74) is 3.36. The van der Waals surface area contributed by atoms with Crippen LogP contribution in [0.2, 0.25) is 0 Å². The molecule has 0 saturated heterocycles. The van der Waals surface area contributed by atoms with Crippen molar-refractivity contribution < 1.29 is 4.79 Å². The number of nitrogens with zero attached hydrogens (tertiary/aromatic N) is 4. The van der Waals surface area contributed by atoms with Gasteiger partial charge in [-0.2, -0.15) is 0 Å². The standard InChI is InChI=1S/C22H19N5O2/c1-26-18-8-3-2-6-14(18)12-19(26)22(29)27-11-9-15-17(13-27)24-20(25-21(15)28)16-7-4-5-10-23-16/h2-8,10,12H,9,11,13H2,1H3,(H,24,25,28). The summed E-state index contributed by atoms with van der Waals surface area (Å²) in [5.74, 6) is 0.365. The summed E-state index contributed by atoms with van der Waals surface area (Å²) in [6, 6.07) is 15.3. The number of pyridine rings is 1. The fraction of sp³-hybridized carbons (Fsp3) is 0.182. The Hall–Kier alpha value is -3.74. The number of H-pyrrole nitrogens is 1. The number of aryl methyl sites for hydroxylation is 1. The zero-order valence-corrected chi connectivity index (χ0v) is 15.9. The van der Waals surface area contributed by atoms with Crippen molar-refractivity contribution >= 4 is 16.8 Å². The Kier molecular flexibility index (Phi) is 4.01. The first-order valence-electron chi connectivity index (χ1n) is 9.49. The first kappa shape index (κ1) is 17.4. The van der Waals surface area contributed by atoms with Gasteiger partial charge in [0, 0.05) is 36.3 Å². The first-order valence-corrected chi connectivity index (χ1v) is 9.49. The number of aromatic amines is 1. The van der Waals surface area contributed by atoms with Gasteiger partial charge in [0.15, 0.2) is 5.82 Å². The summed E-state index contributed by atoms with van der Waals surface area (Å²) in [7, 11) is 1.90. The largest absolute Gasteiger partial charge is 0.340 e. The second-order valence-corrected chi connectivity index (χ2v) is 7.18. The van der Waals surface area contributed by atoms with Gasteiger partial charge in [0.2, 0.25) is 0 Å². The fourth-order valence-corrected chi connectivity index (χ4v) is 3.89. The first-order chi connectivity index (χ1) is 14.1. The molecule has 1 aliphatic rings. The number of para-hydroxylation sites is 1. The zero-order valence-electron chi connectivity index (χ0n) is 15.9. The van der Waals surface area contributed by atoms with Crippen LogP contribution in [0.3, 0.4) is 0 Å². The van der Waals surface area contributed by atoms with Crippen molar-refractivity contribution in [2.24, 2.45) is 7.05 Å². The molecular weight excluding hydrogens is 366 g/mol. The van der Waals surface area contributed by atoms with E-state index < -0.39 is 0 Å². The van der Waals surface area contributed by atoms with Gasteiger partial charge in [-0.25, -0.2) is 4.98 Å². The van der Waals surface area contributed by atoms with Gasteiger partial charge in [-0.05, 0) is 30.7 Å². The van der Waals surface area contributed by atoms with Crippen LogP contribution in [0.5, 0.6) is 0 Å². The molecule has 144 valence electrons. The van der Waals surface area contributed by atoms with Crippen LogP contribution in [0.4, 0.5) is 0 Å². The van der Waals surface area contributed by atoms with Gasteiger partial charge < -0.3 is 14.5 Å². The Balaban J connectivity index is 1.50. The fourth-order valence-electron chi connectivity index (χ4n) is 3.89. The van der Waals surface area contributed by atoms with Gasteiger partial charge >= 0.3 is 0 Å². The van der Waals surface area contributed by atoms with E-state index in [4.69, 9.17) is 0 Å². The minimum atomic E-state index is -0.160. The molecule has 0 atom stereocenters. The molecular formula is C22H19N5O2. The number of benzene rings is 1. The molecule has 1 aromatic carbocycles. The Labute approximate surface area is 166 Å². The van der Waals surface area contributed by atoms with Gasteiger partial charge in [-0.3, -0.25) is 14.6 Å². The molecule has 7 heteroatoms. The minimum Gasteiger partial charge on any atom is -0.340 e. The third kappa shape index (κ3) is 2.91. The van der Waals surface area contributed by atoms with E-state index in [0.717, 1.165) is 10.9 Å². The average molecular weight is 385 g/mol. The lowest BCUT2D eigenvalue weighted by molar-refractivity contribution is 0.0722. The summed E-state index contributed by atoms with van der Waals surface area (Å²) < 4.78 is 1.91. The van der Waals surface area contributed by atoms with E-state index in [1.807, 2.05) is 54.1 Å². The van der Waals surface area contributed by atoms with E-state index in [-0.39, 0.29) is 11.5 Å². The molecule has 5 rings (SSSR count). The Bertz CT molecular complexity index is 1290. The van der Waals surface area contributed by atoms with Crippen LogP contribution in [0.1, 0.15) is 21.7 Å². The molecule has 0 spiro atoms. The molecule has 29 heavy (non-hydrogen) atoms. The van der Waals surface area contributed by atoms with Gasteiger partial charge in [0.1, 0.15) is 11.4 Å². The quantitative estimate of drug-likeness (QED) is 0.575. The number of amides is 1. The van der Waals surface area contributed by atoms with E-state index in [1.54, 1.807) is 17.2 Å². The molecule has 0 aliphatic carbocycles. The summed E-state index contributed by atoms with van der Waals surface area (Å²) in [6.45, 7) is 0.792. The molecule has 0 fully saturated rings. The van der Waals surface area contributed by atoms with Crippen molar-refractivity contribution in [2.75, 3.05) is 6.54 Å². The number of carbonyl (C=O) groups excluding carboxylic acids is 1. The van der Waals surface area contributed by atoms with Crippen LogP contribution in [0, 0.1) is 0 Å². The third-order valence-electron chi connectivity index (χ3n) is 5.44. The van der Waals surface area contributed by atoms with Crippen molar-refractivity contribution in [1.82, 2.24) is 24.4 Å². The normalized spacial score (nSPS) is 13.5. The highest BCUT2D eigenvalue weighted by Crippen LogP contribution is 2.23. The second kappa shape index (κ2) is 6.70. The van der Waals surface area contributed by atoms with Crippen LogP contribution in [-0.2, 0) is 20.0 Å². The summed E-state index contributed by atoms with van der Waals surface area (Å²) in [4.78, 5) is 39.2. The number of rotatable bonds is 2. The lowest BCUT2D eigenvalue weighted by Gasteiger charge is -2.28. The lowest BCUT2D eigenvalue weighted by atomic mass is 10.1. The maximum atomic E-state index is 13.2. The van der Waals surface area contributed by atoms with E-state index >= 15 is 0 Å². The molecule has 1 N–H and O–H groups in total. The topological polar surface area (TPSA) is 83.9 Å². The summed E-state index contributed by atoms with van der Waals surface area (Å²) in [6.07, 6.45) is 2.14. The van der Waals surface area contributed by atoms with Crippen molar-refractivity contribution in [3.8, 4) is 11.5 Å². The predicted molar refractivity (Wildman–Crippen MR) is 109 cm³/mol. The summed E-state index contributed by atoms with van der Waals surface area (Å²) in [5, 5.41) is 1.03. The van der Waals surface area contributed by atoms with E-state index in [9.17, 15) is 9.59 Å². The van der Waals surface area contributed by atoms with E-state index in [0.29, 0.717) is 48.0 Å². The number of fused-ring (bicyclic) bond motifs is 2. The second-order valence-electron chi connectivity index (χ2n) is 7.18. The number of hydrogen-bond acceptors (Lipinski definition) is 4. The maximum absolute atomic E-state index is 13.2. The van der Waals surface area contributed by atoms with Crippen LogP contribution < -0.4 is 5.56 Å². The average Bonchev–Trinajstić information content (AvgIpc) is 3.10. The molecule has 0 bridgehead atoms. The highest BCUT2D eigenvalue weighted by Gasteiger charge is 2.27. The van der Waals surface area contributed by atoms with Crippen LogP contribution in [0.25, 0.3) is 22.4 Å². The number of hydrogen-bond donors (Lipinski definition) is 1. The molecule has 4 aromatic rings. The van der Waals surface area contributed by atoms with Crippen LogP contribution in [-0.4, -0.2) is 36.9 Å². The van der Waals surface area contributed by atoms with Crippen LogP contribution >= 0.6 is 0 Å². The highest BCUT2D eigenvalue weighted by atomic mass is 16.2. The monoisotopic (exact) mass is 385 g/mol. The molecule has 0 radical (unpaired) electrons. The molecule has 1 aliphatic heterocycles. The zero-order chi connectivity index (χ0) is 20.0. The smallest absolute Gasteiger partial charge is 0.270 e. The third-order valence-corrected chi connectivity index (χ3v) is 5.44. The van der Waals surface area contributed by atoms with Crippen molar-refractivity contribution in [1.29, 1.82) is 0 Å². The maximum Gasteiger partial charge on any atom is 0.270 e. The number of aromatic nitrogens is 4. The molecule has 3 aromatic heterocycles. The number of carbonyl (C=O) groups is 1. The SMILES string of the molecule is Cn1c(C(=O)N2CCc3c(nc(-c4ccccn4)[nH]c3=O)C2)cc2ccccc21. The number of nitrogens with one attached hydrogen (secondary N) is 1. The predicted octanol–water partition coefficient (Wildman–Crippen LogP) is 2.52. The molecule has 1 amide bonds. The molecule has 0 saturated carbocycles.